The maximum absolute atomic E-state index is 5.33. The molecule has 0 bridgehead atoms. The zero-order valence-corrected chi connectivity index (χ0v) is 29.1. The highest BCUT2D eigenvalue weighted by Crippen LogP contribution is 2.37. The Morgan fingerprint density at radius 3 is 1.92 bits per heavy atom. The lowest BCUT2D eigenvalue weighted by Gasteiger charge is -2.14. The molecule has 49 heavy (non-hydrogen) atoms. The fraction of sp³-hybridized carbons (Fsp3) is 0.0851. The van der Waals surface area contributed by atoms with Crippen LogP contribution in [0, 0.1) is 6.92 Å². The molecule has 8 rings (SSSR count). The van der Waals surface area contributed by atoms with Gasteiger partial charge in [-0.05, 0) is 68.9 Å². The van der Waals surface area contributed by atoms with Crippen LogP contribution in [-0.2, 0) is 0 Å². The molecule has 1 nitrogen and oxygen atoms in total. The van der Waals surface area contributed by atoms with E-state index in [4.69, 9.17) is 4.99 Å². The Hall–Kier alpha value is -5.57. The Bertz CT molecular complexity index is 2450. The number of thiophene rings is 1. The van der Waals surface area contributed by atoms with Gasteiger partial charge in [0.05, 0.1) is 11.4 Å². The van der Waals surface area contributed by atoms with Crippen LogP contribution in [0.2, 0.25) is 0 Å². The standard InChI is InChI=1S/C44H31NS.C3H8/c1-29(34-16-12-17-35(27-34)31-13-4-3-5-14-31)45-44(43-30(2)46-42-22-11-10-21-40(42)43)33-25-23-32(24-26-33)41-28-36-15-6-7-18-37(36)38-19-8-9-20-39(38)41;1-3-2/h3-28H,1H2,2H3;3H2,1-2H3. The third kappa shape index (κ3) is 6.48. The molecule has 0 radical (unpaired) electrons. The van der Waals surface area contributed by atoms with E-state index in [-0.39, 0.29) is 0 Å². The Kier molecular flexibility index (Phi) is 9.32. The second kappa shape index (κ2) is 14.3. The molecule has 0 saturated heterocycles. The highest BCUT2D eigenvalue weighted by Gasteiger charge is 2.18. The highest BCUT2D eigenvalue weighted by atomic mass is 32.1. The fourth-order valence-electron chi connectivity index (χ4n) is 6.54. The third-order valence-electron chi connectivity index (χ3n) is 8.80. The van der Waals surface area contributed by atoms with Gasteiger partial charge in [-0.15, -0.1) is 11.3 Å². The summed E-state index contributed by atoms with van der Waals surface area (Å²) in [6, 6.07) is 56.2. The van der Waals surface area contributed by atoms with E-state index in [1.54, 1.807) is 0 Å². The zero-order chi connectivity index (χ0) is 33.7. The summed E-state index contributed by atoms with van der Waals surface area (Å²) in [5.74, 6) is 0. The molecule has 0 aliphatic carbocycles. The molecule has 0 fully saturated rings. The molecule has 0 aliphatic heterocycles. The monoisotopic (exact) mass is 649 g/mol. The van der Waals surface area contributed by atoms with Crippen LogP contribution in [0.25, 0.3) is 59.6 Å². The summed E-state index contributed by atoms with van der Waals surface area (Å²) in [6.45, 7) is 10.9. The SMILES string of the molecule is C=C(N=C(c1ccc(-c2cc3ccccc3c3ccccc23)cc1)c1c(C)sc2ccccc12)c1cccc(-c2ccccc2)c1.CCC. The maximum Gasteiger partial charge on any atom is 0.0798 e. The Morgan fingerprint density at radius 2 is 1.16 bits per heavy atom. The van der Waals surface area contributed by atoms with Crippen LogP contribution >= 0.6 is 11.3 Å². The Balaban J connectivity index is 0.00000122. The van der Waals surface area contributed by atoms with Crippen LogP contribution in [0.4, 0.5) is 0 Å². The number of benzene rings is 7. The summed E-state index contributed by atoms with van der Waals surface area (Å²) < 4.78 is 1.26. The van der Waals surface area contributed by atoms with Gasteiger partial charge in [0.1, 0.15) is 0 Å². The number of fused-ring (bicyclic) bond motifs is 4. The molecule has 7 aromatic carbocycles. The van der Waals surface area contributed by atoms with Crippen molar-refractivity contribution in [3.63, 3.8) is 0 Å². The number of aryl methyl sites for hydroxylation is 1. The van der Waals surface area contributed by atoms with Crippen LogP contribution in [-0.4, -0.2) is 5.71 Å². The quantitative estimate of drug-likeness (QED) is 0.126. The van der Waals surface area contributed by atoms with E-state index in [1.807, 2.05) is 17.4 Å². The molecule has 0 amide bonds. The normalized spacial score (nSPS) is 11.4. The average Bonchev–Trinajstić information content (AvgIpc) is 3.49. The summed E-state index contributed by atoms with van der Waals surface area (Å²) in [7, 11) is 0. The van der Waals surface area contributed by atoms with Crippen molar-refractivity contribution < 1.29 is 0 Å². The molecule has 0 spiro atoms. The number of aliphatic imine (C=N–C) groups is 1. The summed E-state index contributed by atoms with van der Waals surface area (Å²) in [4.78, 5) is 6.57. The van der Waals surface area contributed by atoms with Crippen molar-refractivity contribution in [1.29, 1.82) is 0 Å². The number of nitrogens with zero attached hydrogens (tertiary/aromatic N) is 1. The second-order valence-electron chi connectivity index (χ2n) is 12.4. The van der Waals surface area contributed by atoms with E-state index in [2.05, 4.69) is 179 Å². The minimum Gasteiger partial charge on any atom is -0.248 e. The van der Waals surface area contributed by atoms with E-state index in [0.29, 0.717) is 0 Å². The van der Waals surface area contributed by atoms with Gasteiger partial charge in [0.15, 0.2) is 0 Å². The first kappa shape index (κ1) is 32.0. The molecule has 0 unspecified atom stereocenters. The maximum atomic E-state index is 5.33. The van der Waals surface area contributed by atoms with E-state index in [1.165, 1.54) is 65.2 Å². The number of hydrogen-bond donors (Lipinski definition) is 0. The van der Waals surface area contributed by atoms with Gasteiger partial charge in [0, 0.05) is 31.7 Å². The fourth-order valence-corrected chi connectivity index (χ4v) is 7.60. The lowest BCUT2D eigenvalue weighted by atomic mass is 9.92. The van der Waals surface area contributed by atoms with Gasteiger partial charge in [0.2, 0.25) is 0 Å². The van der Waals surface area contributed by atoms with Crippen molar-refractivity contribution in [3.05, 3.63) is 186 Å². The summed E-state index contributed by atoms with van der Waals surface area (Å²) >= 11 is 1.82. The van der Waals surface area contributed by atoms with Crippen LogP contribution in [0.15, 0.2) is 169 Å². The van der Waals surface area contributed by atoms with Gasteiger partial charge in [0.25, 0.3) is 0 Å². The van der Waals surface area contributed by atoms with Crippen molar-refractivity contribution in [2.45, 2.75) is 27.2 Å². The lowest BCUT2D eigenvalue weighted by Crippen LogP contribution is -2.05. The van der Waals surface area contributed by atoms with Crippen LogP contribution in [0.5, 0.6) is 0 Å². The molecule has 0 aliphatic rings. The van der Waals surface area contributed by atoms with Crippen LogP contribution in [0.1, 0.15) is 41.8 Å². The van der Waals surface area contributed by atoms with E-state index < -0.39 is 0 Å². The third-order valence-corrected chi connectivity index (χ3v) is 9.88. The Labute approximate surface area is 293 Å². The minimum absolute atomic E-state index is 0.743. The van der Waals surface area contributed by atoms with Crippen LogP contribution in [0.3, 0.4) is 0 Å². The van der Waals surface area contributed by atoms with Gasteiger partial charge < -0.3 is 0 Å². The topological polar surface area (TPSA) is 12.4 Å². The van der Waals surface area contributed by atoms with E-state index >= 15 is 0 Å². The smallest absolute Gasteiger partial charge is 0.0798 e. The molecule has 2 heteroatoms. The van der Waals surface area contributed by atoms with Gasteiger partial charge in [-0.3, -0.25) is 0 Å². The van der Waals surface area contributed by atoms with Gasteiger partial charge in [-0.2, -0.15) is 0 Å². The molecule has 0 saturated carbocycles. The average molecular weight is 650 g/mol. The summed E-state index contributed by atoms with van der Waals surface area (Å²) in [5.41, 5.74) is 9.69. The van der Waals surface area contributed by atoms with Gasteiger partial charge in [-0.25, -0.2) is 4.99 Å². The summed E-state index contributed by atoms with van der Waals surface area (Å²) in [6.07, 6.45) is 1.25. The number of hydrogen-bond acceptors (Lipinski definition) is 2. The van der Waals surface area contributed by atoms with Crippen molar-refractivity contribution in [2.24, 2.45) is 4.99 Å². The Morgan fingerprint density at radius 1 is 0.551 bits per heavy atom. The van der Waals surface area contributed by atoms with Crippen molar-refractivity contribution in [2.75, 3.05) is 0 Å². The first-order chi connectivity index (χ1) is 24.1. The summed E-state index contributed by atoms with van der Waals surface area (Å²) in [5, 5.41) is 6.28. The van der Waals surface area contributed by atoms with Crippen LogP contribution < -0.4 is 0 Å². The minimum atomic E-state index is 0.743. The highest BCUT2D eigenvalue weighted by molar-refractivity contribution is 7.19. The van der Waals surface area contributed by atoms with Crippen molar-refractivity contribution in [1.82, 2.24) is 0 Å². The zero-order valence-electron chi connectivity index (χ0n) is 28.3. The van der Waals surface area contributed by atoms with E-state index in [9.17, 15) is 0 Å². The molecule has 8 aromatic rings. The van der Waals surface area contributed by atoms with Gasteiger partial charge in [-0.1, -0.05) is 166 Å². The second-order valence-corrected chi connectivity index (χ2v) is 13.6. The molecule has 1 aromatic heterocycles. The van der Waals surface area contributed by atoms with Crippen molar-refractivity contribution >= 4 is 54.4 Å². The largest absolute Gasteiger partial charge is 0.248 e. The van der Waals surface area contributed by atoms with E-state index in [0.717, 1.165) is 28.1 Å². The molecule has 0 N–H and O–H groups in total. The predicted molar refractivity (Wildman–Crippen MR) is 216 cm³/mol. The molecular formula is C47H39NS. The van der Waals surface area contributed by atoms with Gasteiger partial charge >= 0.3 is 0 Å². The molecule has 0 atom stereocenters. The first-order valence-corrected chi connectivity index (χ1v) is 17.8. The first-order valence-electron chi connectivity index (χ1n) is 17.0. The predicted octanol–water partition coefficient (Wildman–Crippen LogP) is 13.8. The molecular weight excluding hydrogens is 611 g/mol. The number of rotatable bonds is 6. The lowest BCUT2D eigenvalue weighted by molar-refractivity contribution is 1.09. The molecule has 238 valence electrons. The molecule has 1 heterocycles. The van der Waals surface area contributed by atoms with Crippen molar-refractivity contribution in [3.8, 4) is 22.3 Å².